The predicted molar refractivity (Wildman–Crippen MR) is 37.7 cm³/mol. The van der Waals surface area contributed by atoms with Crippen LogP contribution in [0.3, 0.4) is 0 Å². The van der Waals surface area contributed by atoms with Gasteiger partial charge in [0.1, 0.15) is 0 Å². The third-order valence-corrected chi connectivity index (χ3v) is 2.00. The highest BCUT2D eigenvalue weighted by Crippen LogP contribution is 2.24. The van der Waals surface area contributed by atoms with Gasteiger partial charge < -0.3 is 10.4 Å². The first-order valence-corrected chi connectivity index (χ1v) is 3.97. The van der Waals surface area contributed by atoms with Crippen molar-refractivity contribution in [3.63, 3.8) is 0 Å². The molecule has 12 heavy (non-hydrogen) atoms. The highest BCUT2D eigenvalue weighted by molar-refractivity contribution is 4.82. The quantitative estimate of drug-likeness (QED) is 0.670. The van der Waals surface area contributed by atoms with Crippen LogP contribution in [0.15, 0.2) is 0 Å². The molecule has 0 aromatic carbocycles. The highest BCUT2D eigenvalue weighted by Gasteiger charge is 2.35. The molecule has 1 saturated heterocycles. The second-order valence-electron chi connectivity index (χ2n) is 3.09. The zero-order chi connectivity index (χ0) is 9.19. The number of nitrogens with one attached hydrogen (secondary N) is 1. The van der Waals surface area contributed by atoms with Crippen LogP contribution >= 0.6 is 0 Å². The summed E-state index contributed by atoms with van der Waals surface area (Å²) in [5, 5.41) is 11.9. The maximum absolute atomic E-state index is 11.8. The SMILES string of the molecule is OC(CC(F)(F)F)C1CCCN1. The molecule has 0 amide bonds. The van der Waals surface area contributed by atoms with E-state index in [1.807, 2.05) is 0 Å². The molecule has 0 spiro atoms. The molecule has 1 heterocycles. The number of rotatable bonds is 2. The molecule has 0 aliphatic carbocycles. The second kappa shape index (κ2) is 3.62. The fourth-order valence-electron chi connectivity index (χ4n) is 1.42. The Hall–Kier alpha value is -0.290. The first-order chi connectivity index (χ1) is 5.49. The van der Waals surface area contributed by atoms with Gasteiger partial charge in [0.25, 0.3) is 0 Å². The van der Waals surface area contributed by atoms with Gasteiger partial charge in [-0.2, -0.15) is 13.2 Å². The Morgan fingerprint density at radius 3 is 2.58 bits per heavy atom. The van der Waals surface area contributed by atoms with Gasteiger partial charge in [0, 0.05) is 6.04 Å². The number of aliphatic hydroxyl groups is 1. The van der Waals surface area contributed by atoms with Crippen molar-refractivity contribution in [1.29, 1.82) is 0 Å². The molecule has 0 bridgehead atoms. The van der Waals surface area contributed by atoms with Crippen molar-refractivity contribution < 1.29 is 18.3 Å². The molecule has 72 valence electrons. The van der Waals surface area contributed by atoms with E-state index < -0.39 is 18.7 Å². The average Bonchev–Trinajstić information content (AvgIpc) is 2.32. The fourth-order valence-corrected chi connectivity index (χ4v) is 1.42. The number of aliphatic hydroxyl groups excluding tert-OH is 1. The van der Waals surface area contributed by atoms with Crippen molar-refractivity contribution >= 4 is 0 Å². The molecule has 2 N–H and O–H groups in total. The van der Waals surface area contributed by atoms with E-state index in [1.54, 1.807) is 0 Å². The number of halogens is 3. The molecule has 2 atom stereocenters. The van der Waals surface area contributed by atoms with Crippen LogP contribution in [-0.2, 0) is 0 Å². The first kappa shape index (κ1) is 9.80. The summed E-state index contributed by atoms with van der Waals surface area (Å²) in [7, 11) is 0. The van der Waals surface area contributed by atoms with E-state index in [1.165, 1.54) is 0 Å². The van der Waals surface area contributed by atoms with Gasteiger partial charge in [-0.25, -0.2) is 0 Å². The van der Waals surface area contributed by atoms with Gasteiger partial charge in [-0.05, 0) is 19.4 Å². The van der Waals surface area contributed by atoms with Crippen molar-refractivity contribution in [2.45, 2.75) is 37.6 Å². The molecule has 0 radical (unpaired) electrons. The van der Waals surface area contributed by atoms with Crippen LogP contribution in [0, 0.1) is 0 Å². The van der Waals surface area contributed by atoms with E-state index in [0.717, 1.165) is 6.42 Å². The van der Waals surface area contributed by atoms with Gasteiger partial charge in [0.15, 0.2) is 0 Å². The third-order valence-electron chi connectivity index (χ3n) is 2.00. The minimum Gasteiger partial charge on any atom is -0.391 e. The lowest BCUT2D eigenvalue weighted by Crippen LogP contribution is -2.37. The number of hydrogen-bond donors (Lipinski definition) is 2. The molecule has 0 aromatic rings. The van der Waals surface area contributed by atoms with Crippen LogP contribution in [0.1, 0.15) is 19.3 Å². The summed E-state index contributed by atoms with van der Waals surface area (Å²) < 4.78 is 35.3. The van der Waals surface area contributed by atoms with Crippen molar-refractivity contribution in [2.75, 3.05) is 6.54 Å². The summed E-state index contributed by atoms with van der Waals surface area (Å²) in [5.74, 6) is 0. The monoisotopic (exact) mass is 183 g/mol. The van der Waals surface area contributed by atoms with Crippen molar-refractivity contribution in [1.82, 2.24) is 5.32 Å². The fraction of sp³-hybridized carbons (Fsp3) is 1.00. The normalized spacial score (nSPS) is 27.5. The Labute approximate surface area is 68.8 Å². The van der Waals surface area contributed by atoms with E-state index in [9.17, 15) is 13.2 Å². The molecule has 1 aliphatic rings. The lowest BCUT2D eigenvalue weighted by molar-refractivity contribution is -0.156. The van der Waals surface area contributed by atoms with Crippen LogP contribution in [0.5, 0.6) is 0 Å². The summed E-state index contributed by atoms with van der Waals surface area (Å²) in [6.45, 7) is 0.708. The Balaban J connectivity index is 2.31. The lowest BCUT2D eigenvalue weighted by Gasteiger charge is -2.19. The zero-order valence-electron chi connectivity index (χ0n) is 6.56. The average molecular weight is 183 g/mol. The molecule has 0 aromatic heterocycles. The molecule has 0 saturated carbocycles. The van der Waals surface area contributed by atoms with Gasteiger partial charge in [-0.1, -0.05) is 0 Å². The maximum Gasteiger partial charge on any atom is 0.391 e. The Morgan fingerprint density at radius 1 is 1.50 bits per heavy atom. The summed E-state index contributed by atoms with van der Waals surface area (Å²) >= 11 is 0. The highest BCUT2D eigenvalue weighted by atomic mass is 19.4. The maximum atomic E-state index is 11.8. The molecular formula is C7H12F3NO. The van der Waals surface area contributed by atoms with Crippen LogP contribution in [-0.4, -0.2) is 30.0 Å². The smallest absolute Gasteiger partial charge is 0.391 e. The van der Waals surface area contributed by atoms with E-state index in [0.29, 0.717) is 13.0 Å². The predicted octanol–water partition coefficient (Wildman–Crippen LogP) is 1.05. The minimum atomic E-state index is -4.26. The first-order valence-electron chi connectivity index (χ1n) is 3.97. The van der Waals surface area contributed by atoms with Crippen LogP contribution < -0.4 is 5.32 Å². The summed E-state index contributed by atoms with van der Waals surface area (Å²) in [5.41, 5.74) is 0. The Kier molecular flexibility index (Phi) is 2.95. The largest absolute Gasteiger partial charge is 0.391 e. The second-order valence-corrected chi connectivity index (χ2v) is 3.09. The standard InChI is InChI=1S/C7H12F3NO/c8-7(9,10)4-6(12)5-2-1-3-11-5/h5-6,11-12H,1-4H2. The van der Waals surface area contributed by atoms with Gasteiger partial charge in [-0.3, -0.25) is 0 Å². The molecule has 1 fully saturated rings. The van der Waals surface area contributed by atoms with Crippen molar-refractivity contribution in [2.24, 2.45) is 0 Å². The lowest BCUT2D eigenvalue weighted by atomic mass is 10.1. The summed E-state index contributed by atoms with van der Waals surface area (Å²) in [6.07, 6.45) is -5.17. The van der Waals surface area contributed by atoms with Gasteiger partial charge >= 0.3 is 6.18 Å². The van der Waals surface area contributed by atoms with Crippen LogP contribution in [0.2, 0.25) is 0 Å². The summed E-state index contributed by atoms with van der Waals surface area (Å²) in [4.78, 5) is 0. The zero-order valence-corrected chi connectivity index (χ0v) is 6.56. The Bertz CT molecular complexity index is 142. The van der Waals surface area contributed by atoms with Gasteiger partial charge in [0.05, 0.1) is 12.5 Å². The minimum absolute atomic E-state index is 0.369. The number of hydrogen-bond acceptors (Lipinski definition) is 2. The molecular weight excluding hydrogens is 171 g/mol. The Morgan fingerprint density at radius 2 is 2.17 bits per heavy atom. The molecule has 2 unspecified atom stereocenters. The topological polar surface area (TPSA) is 32.3 Å². The molecule has 1 aliphatic heterocycles. The van der Waals surface area contributed by atoms with Crippen molar-refractivity contribution in [3.8, 4) is 0 Å². The third kappa shape index (κ3) is 2.98. The molecule has 2 nitrogen and oxygen atoms in total. The summed E-state index contributed by atoms with van der Waals surface area (Å²) in [6, 6.07) is -0.369. The van der Waals surface area contributed by atoms with E-state index >= 15 is 0 Å². The molecule has 5 heteroatoms. The van der Waals surface area contributed by atoms with Gasteiger partial charge in [0.2, 0.25) is 0 Å². The molecule has 1 rings (SSSR count). The van der Waals surface area contributed by atoms with E-state index in [-0.39, 0.29) is 6.04 Å². The van der Waals surface area contributed by atoms with E-state index in [4.69, 9.17) is 5.11 Å². The number of alkyl halides is 3. The van der Waals surface area contributed by atoms with Crippen molar-refractivity contribution in [3.05, 3.63) is 0 Å². The van der Waals surface area contributed by atoms with Crippen LogP contribution in [0.4, 0.5) is 13.2 Å². The van der Waals surface area contributed by atoms with Gasteiger partial charge in [-0.15, -0.1) is 0 Å². The van der Waals surface area contributed by atoms with Crippen LogP contribution in [0.25, 0.3) is 0 Å². The van der Waals surface area contributed by atoms with E-state index in [2.05, 4.69) is 5.32 Å².